The SMILES string of the molecule is COc1cnc(C(=O)Nc2ccc(F)c([C@@H]3CCCOC(N)=N3)c2)cn1. The number of methoxy groups -OCH3 is 1. The van der Waals surface area contributed by atoms with Crippen LogP contribution in [0.25, 0.3) is 0 Å². The van der Waals surface area contributed by atoms with E-state index in [2.05, 4.69) is 20.3 Å². The molecule has 0 spiro atoms. The Balaban J connectivity index is 1.80. The number of nitrogens with one attached hydrogen (secondary N) is 1. The summed E-state index contributed by atoms with van der Waals surface area (Å²) in [6, 6.07) is 3.86. The molecule has 9 heteroatoms. The van der Waals surface area contributed by atoms with Crippen LogP contribution in [-0.4, -0.2) is 35.6 Å². The van der Waals surface area contributed by atoms with Gasteiger partial charge in [0, 0.05) is 11.3 Å². The number of hydrogen-bond donors (Lipinski definition) is 2. The summed E-state index contributed by atoms with van der Waals surface area (Å²) in [6.07, 6.45) is 3.94. The minimum Gasteiger partial charge on any atom is -0.480 e. The lowest BCUT2D eigenvalue weighted by Crippen LogP contribution is -2.16. The summed E-state index contributed by atoms with van der Waals surface area (Å²) in [5.74, 6) is -0.586. The summed E-state index contributed by atoms with van der Waals surface area (Å²) in [5, 5.41) is 2.67. The lowest BCUT2D eigenvalue weighted by Gasteiger charge is -2.13. The highest BCUT2D eigenvalue weighted by Crippen LogP contribution is 2.29. The standard InChI is InChI=1S/C17H18FN5O3/c1-25-15-9-20-14(8-21-15)16(24)22-10-4-5-12(18)11(7-10)13-3-2-6-26-17(19)23-13/h4-5,7-9,13H,2-3,6H2,1H3,(H2,19,23)(H,22,24)/t13-/m0/s1. The Labute approximate surface area is 149 Å². The van der Waals surface area contributed by atoms with Crippen molar-refractivity contribution in [2.24, 2.45) is 10.7 Å². The van der Waals surface area contributed by atoms with E-state index in [-0.39, 0.29) is 11.7 Å². The first kappa shape index (κ1) is 17.6. The van der Waals surface area contributed by atoms with Gasteiger partial charge in [-0.15, -0.1) is 0 Å². The fourth-order valence-corrected chi connectivity index (χ4v) is 2.54. The summed E-state index contributed by atoms with van der Waals surface area (Å²) in [4.78, 5) is 24.4. The topological polar surface area (TPSA) is 112 Å². The van der Waals surface area contributed by atoms with E-state index in [1.54, 1.807) is 0 Å². The number of halogens is 1. The predicted octanol–water partition coefficient (Wildman–Crippen LogP) is 2.04. The van der Waals surface area contributed by atoms with Crippen LogP contribution in [0.5, 0.6) is 5.88 Å². The molecule has 0 unspecified atom stereocenters. The zero-order chi connectivity index (χ0) is 18.5. The van der Waals surface area contributed by atoms with Crippen molar-refractivity contribution in [3.05, 3.63) is 47.7 Å². The number of carbonyl (C=O) groups is 1. The van der Waals surface area contributed by atoms with E-state index in [9.17, 15) is 9.18 Å². The molecule has 0 saturated heterocycles. The maximum absolute atomic E-state index is 14.3. The number of ether oxygens (including phenoxy) is 2. The summed E-state index contributed by atoms with van der Waals surface area (Å²) in [5.41, 5.74) is 6.52. The average molecular weight is 359 g/mol. The minimum atomic E-state index is -0.468. The fraction of sp³-hybridized carbons (Fsp3) is 0.294. The molecular weight excluding hydrogens is 341 g/mol. The van der Waals surface area contributed by atoms with Crippen LogP contribution in [0.2, 0.25) is 0 Å². The molecule has 26 heavy (non-hydrogen) atoms. The molecular formula is C17H18FN5O3. The lowest BCUT2D eigenvalue weighted by atomic mass is 10.0. The van der Waals surface area contributed by atoms with E-state index >= 15 is 0 Å². The van der Waals surface area contributed by atoms with Crippen LogP contribution in [0, 0.1) is 5.82 Å². The highest BCUT2D eigenvalue weighted by molar-refractivity contribution is 6.02. The van der Waals surface area contributed by atoms with Crippen LogP contribution < -0.4 is 15.8 Å². The third-order valence-corrected chi connectivity index (χ3v) is 3.84. The van der Waals surface area contributed by atoms with Gasteiger partial charge in [-0.3, -0.25) is 4.79 Å². The first-order valence-electron chi connectivity index (χ1n) is 7.99. The van der Waals surface area contributed by atoms with Gasteiger partial charge in [-0.05, 0) is 31.0 Å². The van der Waals surface area contributed by atoms with Gasteiger partial charge < -0.3 is 20.5 Å². The first-order valence-corrected chi connectivity index (χ1v) is 7.99. The van der Waals surface area contributed by atoms with Gasteiger partial charge in [0.15, 0.2) is 0 Å². The molecule has 1 aromatic carbocycles. The van der Waals surface area contributed by atoms with E-state index in [0.29, 0.717) is 36.6 Å². The van der Waals surface area contributed by atoms with Gasteiger partial charge in [0.1, 0.15) is 11.5 Å². The molecule has 2 heterocycles. The molecule has 3 rings (SSSR count). The van der Waals surface area contributed by atoms with Crippen LogP contribution in [0.15, 0.2) is 35.6 Å². The highest BCUT2D eigenvalue weighted by Gasteiger charge is 2.19. The van der Waals surface area contributed by atoms with Gasteiger partial charge >= 0.3 is 0 Å². The van der Waals surface area contributed by atoms with Crippen LogP contribution in [0.3, 0.4) is 0 Å². The van der Waals surface area contributed by atoms with Gasteiger partial charge in [-0.2, -0.15) is 0 Å². The molecule has 1 atom stereocenters. The third kappa shape index (κ3) is 4.05. The molecule has 1 aliphatic rings. The Morgan fingerprint density at radius 2 is 2.23 bits per heavy atom. The largest absolute Gasteiger partial charge is 0.480 e. The van der Waals surface area contributed by atoms with Crippen molar-refractivity contribution in [3.63, 3.8) is 0 Å². The van der Waals surface area contributed by atoms with Crippen LogP contribution in [0.1, 0.15) is 34.9 Å². The summed E-state index contributed by atoms with van der Waals surface area (Å²) < 4.78 is 24.3. The molecule has 0 aliphatic carbocycles. The van der Waals surface area contributed by atoms with Gasteiger partial charge in [0.05, 0.1) is 32.2 Å². The molecule has 1 amide bonds. The Morgan fingerprint density at radius 3 is 2.96 bits per heavy atom. The van der Waals surface area contributed by atoms with E-state index in [0.717, 1.165) is 0 Å². The number of amidine groups is 1. The number of hydrogen-bond acceptors (Lipinski definition) is 7. The van der Waals surface area contributed by atoms with Gasteiger partial charge in [0.2, 0.25) is 5.88 Å². The van der Waals surface area contributed by atoms with E-state index in [4.69, 9.17) is 15.2 Å². The highest BCUT2D eigenvalue weighted by atomic mass is 19.1. The molecule has 0 saturated carbocycles. The second-order valence-electron chi connectivity index (χ2n) is 5.61. The molecule has 0 fully saturated rings. The second kappa shape index (κ2) is 7.77. The average Bonchev–Trinajstić information content (AvgIpc) is 2.87. The number of nitrogens with two attached hydrogens (primary N) is 1. The van der Waals surface area contributed by atoms with Crippen molar-refractivity contribution in [1.82, 2.24) is 9.97 Å². The lowest BCUT2D eigenvalue weighted by molar-refractivity contribution is 0.102. The third-order valence-electron chi connectivity index (χ3n) is 3.84. The van der Waals surface area contributed by atoms with Gasteiger partial charge in [-0.25, -0.2) is 19.4 Å². The zero-order valence-corrected chi connectivity index (χ0v) is 14.1. The maximum atomic E-state index is 14.3. The smallest absolute Gasteiger partial charge is 0.282 e. The van der Waals surface area contributed by atoms with E-state index < -0.39 is 17.8 Å². The van der Waals surface area contributed by atoms with Crippen molar-refractivity contribution >= 4 is 17.6 Å². The number of nitrogens with zero attached hydrogens (tertiary/aromatic N) is 3. The van der Waals surface area contributed by atoms with E-state index in [1.165, 1.54) is 37.7 Å². The van der Waals surface area contributed by atoms with Crippen LogP contribution >= 0.6 is 0 Å². The Bertz CT molecular complexity index is 826. The molecule has 2 aromatic rings. The number of amides is 1. The van der Waals surface area contributed by atoms with Crippen molar-refractivity contribution in [2.45, 2.75) is 18.9 Å². The van der Waals surface area contributed by atoms with Crippen LogP contribution in [0.4, 0.5) is 10.1 Å². The molecule has 1 aromatic heterocycles. The van der Waals surface area contributed by atoms with Crippen molar-refractivity contribution in [1.29, 1.82) is 0 Å². The molecule has 8 nitrogen and oxygen atoms in total. The van der Waals surface area contributed by atoms with E-state index in [1.807, 2.05) is 0 Å². The monoisotopic (exact) mass is 359 g/mol. The van der Waals surface area contributed by atoms with Gasteiger partial charge in [-0.1, -0.05) is 0 Å². The summed E-state index contributed by atoms with van der Waals surface area (Å²) >= 11 is 0. The number of carbonyl (C=O) groups excluding carboxylic acids is 1. The quantitative estimate of drug-likeness (QED) is 0.864. The number of aromatic nitrogens is 2. The normalized spacial score (nSPS) is 16.8. The molecule has 0 bridgehead atoms. The Hall–Kier alpha value is -3.23. The number of anilines is 1. The molecule has 1 aliphatic heterocycles. The summed E-state index contributed by atoms with van der Waals surface area (Å²) in [6.45, 7) is 0.444. The molecule has 3 N–H and O–H groups in total. The minimum absolute atomic E-state index is 0.0369. The van der Waals surface area contributed by atoms with Gasteiger partial charge in [0.25, 0.3) is 11.9 Å². The molecule has 136 valence electrons. The van der Waals surface area contributed by atoms with Crippen molar-refractivity contribution < 1.29 is 18.7 Å². The second-order valence-corrected chi connectivity index (χ2v) is 5.61. The van der Waals surface area contributed by atoms with Crippen molar-refractivity contribution in [3.8, 4) is 5.88 Å². The fourth-order valence-electron chi connectivity index (χ4n) is 2.54. The Kier molecular flexibility index (Phi) is 5.26. The maximum Gasteiger partial charge on any atom is 0.282 e. The number of benzene rings is 1. The number of rotatable bonds is 4. The first-order chi connectivity index (χ1) is 12.6. The predicted molar refractivity (Wildman–Crippen MR) is 92.5 cm³/mol. The zero-order valence-electron chi connectivity index (χ0n) is 14.1. The van der Waals surface area contributed by atoms with Crippen molar-refractivity contribution in [2.75, 3.05) is 19.0 Å². The summed E-state index contributed by atoms with van der Waals surface area (Å²) in [7, 11) is 1.46. The Morgan fingerprint density at radius 1 is 1.38 bits per heavy atom. The van der Waals surface area contributed by atoms with Crippen LogP contribution in [-0.2, 0) is 4.74 Å². The molecule has 0 radical (unpaired) electrons. The number of aliphatic imine (C=N–C) groups is 1.